The molecule has 1 aromatic carbocycles. The molecule has 0 N–H and O–H groups in total. The Labute approximate surface area is 112 Å². The molecule has 102 valence electrons. The molecule has 2 rings (SSSR count). The summed E-state index contributed by atoms with van der Waals surface area (Å²) in [6, 6.07) is 9.48. The summed E-state index contributed by atoms with van der Waals surface area (Å²) in [4.78, 5) is 24.6. The maximum Gasteiger partial charge on any atom is 0.410 e. The maximum atomic E-state index is 11.9. The molecule has 1 aliphatic rings. The molecular formula is C14H17NO4. The van der Waals surface area contributed by atoms with Crippen LogP contribution >= 0.6 is 0 Å². The van der Waals surface area contributed by atoms with Gasteiger partial charge in [0.05, 0.1) is 13.2 Å². The molecule has 1 atom stereocenters. The average molecular weight is 263 g/mol. The normalized spacial score (nSPS) is 19.0. The van der Waals surface area contributed by atoms with Gasteiger partial charge in [0.15, 0.2) is 5.78 Å². The highest BCUT2D eigenvalue weighted by Crippen LogP contribution is 2.09. The number of nitrogens with zero attached hydrogens (tertiary/aromatic N) is 1. The first kappa shape index (κ1) is 13.5. The lowest BCUT2D eigenvalue weighted by molar-refractivity contribution is -0.133. The molecule has 5 nitrogen and oxygen atoms in total. The summed E-state index contributed by atoms with van der Waals surface area (Å²) < 4.78 is 10.5. The van der Waals surface area contributed by atoms with E-state index in [9.17, 15) is 9.59 Å². The largest absolute Gasteiger partial charge is 0.445 e. The number of Topliss-reactive ketones (excluding diaryl/α,β-unsaturated/α-hetero) is 1. The predicted octanol–water partition coefficient (Wildman–Crippen LogP) is 1.61. The highest BCUT2D eigenvalue weighted by atomic mass is 16.6. The van der Waals surface area contributed by atoms with E-state index in [-0.39, 0.29) is 18.9 Å². The molecule has 0 unspecified atom stereocenters. The van der Waals surface area contributed by atoms with Gasteiger partial charge in [0.1, 0.15) is 12.7 Å². The van der Waals surface area contributed by atoms with Crippen LogP contribution in [0.2, 0.25) is 0 Å². The molecule has 0 aliphatic carbocycles. The fraction of sp³-hybridized carbons (Fsp3) is 0.429. The van der Waals surface area contributed by atoms with E-state index in [0.29, 0.717) is 13.2 Å². The Morgan fingerprint density at radius 1 is 1.37 bits per heavy atom. The van der Waals surface area contributed by atoms with Crippen molar-refractivity contribution < 1.29 is 19.1 Å². The summed E-state index contributed by atoms with van der Waals surface area (Å²) in [5.41, 5.74) is 0.937. The molecular weight excluding hydrogens is 246 g/mol. The van der Waals surface area contributed by atoms with Crippen molar-refractivity contribution in [1.82, 2.24) is 4.90 Å². The van der Waals surface area contributed by atoms with Crippen molar-refractivity contribution in [3.63, 3.8) is 0 Å². The molecule has 0 saturated carbocycles. The number of rotatable bonds is 3. The third-order valence-electron chi connectivity index (χ3n) is 2.98. The van der Waals surface area contributed by atoms with E-state index in [1.807, 2.05) is 30.3 Å². The first-order valence-corrected chi connectivity index (χ1v) is 6.24. The molecule has 5 heteroatoms. The van der Waals surface area contributed by atoms with Gasteiger partial charge in [0, 0.05) is 6.54 Å². The van der Waals surface area contributed by atoms with Crippen LogP contribution in [0.5, 0.6) is 0 Å². The monoisotopic (exact) mass is 263 g/mol. The van der Waals surface area contributed by atoms with E-state index >= 15 is 0 Å². The van der Waals surface area contributed by atoms with Gasteiger partial charge < -0.3 is 14.4 Å². The topological polar surface area (TPSA) is 55.8 Å². The second kappa shape index (κ2) is 6.33. The number of morpholine rings is 1. The van der Waals surface area contributed by atoms with Gasteiger partial charge in [-0.2, -0.15) is 0 Å². The molecule has 1 saturated heterocycles. The molecule has 1 heterocycles. The lowest BCUT2D eigenvalue weighted by Gasteiger charge is -2.30. The minimum Gasteiger partial charge on any atom is -0.445 e. The summed E-state index contributed by atoms with van der Waals surface area (Å²) in [6.07, 6.45) is -0.934. The Morgan fingerprint density at radius 3 is 2.79 bits per heavy atom. The van der Waals surface area contributed by atoms with Crippen LogP contribution in [0.15, 0.2) is 30.3 Å². The zero-order chi connectivity index (χ0) is 13.7. The van der Waals surface area contributed by atoms with Crippen molar-refractivity contribution in [3.8, 4) is 0 Å². The Balaban J connectivity index is 1.84. The van der Waals surface area contributed by atoms with Gasteiger partial charge in [-0.15, -0.1) is 0 Å². The average Bonchev–Trinajstić information content (AvgIpc) is 2.46. The van der Waals surface area contributed by atoms with Crippen LogP contribution in [0.25, 0.3) is 0 Å². The summed E-state index contributed by atoms with van der Waals surface area (Å²) in [5, 5.41) is 0. The Kier molecular flexibility index (Phi) is 4.52. The van der Waals surface area contributed by atoms with Crippen LogP contribution in [0.1, 0.15) is 12.5 Å². The van der Waals surface area contributed by atoms with Gasteiger partial charge in [-0.1, -0.05) is 30.3 Å². The molecule has 1 aromatic rings. The van der Waals surface area contributed by atoms with Crippen molar-refractivity contribution in [3.05, 3.63) is 35.9 Å². The second-order valence-electron chi connectivity index (χ2n) is 4.46. The van der Waals surface area contributed by atoms with E-state index in [1.165, 1.54) is 11.8 Å². The highest BCUT2D eigenvalue weighted by molar-refractivity contribution is 5.81. The summed E-state index contributed by atoms with van der Waals surface area (Å²) >= 11 is 0. The SMILES string of the molecule is CC(=O)[C@@H]1CN(C(=O)OCc2ccccc2)CCO1. The summed E-state index contributed by atoms with van der Waals surface area (Å²) in [5.74, 6) is -0.0689. The van der Waals surface area contributed by atoms with Gasteiger partial charge in [-0.3, -0.25) is 4.79 Å². The first-order valence-electron chi connectivity index (χ1n) is 6.24. The summed E-state index contributed by atoms with van der Waals surface area (Å²) in [6.45, 7) is 2.79. The third kappa shape index (κ3) is 3.79. The number of carbonyl (C=O) groups is 2. The van der Waals surface area contributed by atoms with Crippen molar-refractivity contribution in [2.45, 2.75) is 19.6 Å². The van der Waals surface area contributed by atoms with Gasteiger partial charge in [-0.05, 0) is 12.5 Å². The molecule has 1 fully saturated rings. The molecule has 1 aliphatic heterocycles. The minimum absolute atomic E-state index is 0.0689. The first-order chi connectivity index (χ1) is 9.16. The number of benzene rings is 1. The summed E-state index contributed by atoms with van der Waals surface area (Å²) in [7, 11) is 0. The van der Waals surface area contributed by atoms with Gasteiger partial charge in [0.25, 0.3) is 0 Å². The van der Waals surface area contributed by atoms with Gasteiger partial charge in [0.2, 0.25) is 0 Å². The van der Waals surface area contributed by atoms with Gasteiger partial charge >= 0.3 is 6.09 Å². The van der Waals surface area contributed by atoms with Crippen LogP contribution in [0, 0.1) is 0 Å². The van der Waals surface area contributed by atoms with E-state index in [1.54, 1.807) is 0 Å². The number of hydrogen-bond donors (Lipinski definition) is 0. The third-order valence-corrected chi connectivity index (χ3v) is 2.98. The fourth-order valence-corrected chi connectivity index (χ4v) is 1.87. The second-order valence-corrected chi connectivity index (χ2v) is 4.46. The molecule has 0 bridgehead atoms. The lowest BCUT2D eigenvalue weighted by Crippen LogP contribution is -2.48. The van der Waals surface area contributed by atoms with Crippen molar-refractivity contribution in [2.24, 2.45) is 0 Å². The smallest absolute Gasteiger partial charge is 0.410 e. The standard InChI is InChI=1S/C14H17NO4/c1-11(16)13-9-15(7-8-18-13)14(17)19-10-12-5-3-2-4-6-12/h2-6,13H,7-10H2,1H3/t13-/m0/s1. The zero-order valence-corrected chi connectivity index (χ0v) is 10.9. The Bertz CT molecular complexity index is 446. The minimum atomic E-state index is -0.530. The van der Waals surface area contributed by atoms with Crippen LogP contribution in [0.4, 0.5) is 4.79 Å². The van der Waals surface area contributed by atoms with Crippen LogP contribution in [0.3, 0.4) is 0 Å². The van der Waals surface area contributed by atoms with E-state index < -0.39 is 12.2 Å². The number of ketones is 1. The van der Waals surface area contributed by atoms with Crippen molar-refractivity contribution in [2.75, 3.05) is 19.7 Å². The van der Waals surface area contributed by atoms with Crippen LogP contribution in [-0.4, -0.2) is 42.6 Å². The predicted molar refractivity (Wildman–Crippen MR) is 68.6 cm³/mol. The molecule has 1 amide bonds. The number of carbonyl (C=O) groups excluding carboxylic acids is 2. The lowest BCUT2D eigenvalue weighted by atomic mass is 10.2. The Morgan fingerprint density at radius 2 is 2.11 bits per heavy atom. The van der Waals surface area contributed by atoms with E-state index in [0.717, 1.165) is 5.56 Å². The molecule has 0 spiro atoms. The Hall–Kier alpha value is -1.88. The number of ether oxygens (including phenoxy) is 2. The number of hydrogen-bond acceptors (Lipinski definition) is 4. The van der Waals surface area contributed by atoms with E-state index in [2.05, 4.69) is 0 Å². The van der Waals surface area contributed by atoms with E-state index in [4.69, 9.17) is 9.47 Å². The fourth-order valence-electron chi connectivity index (χ4n) is 1.87. The zero-order valence-electron chi connectivity index (χ0n) is 10.9. The molecule has 0 radical (unpaired) electrons. The molecule has 0 aromatic heterocycles. The van der Waals surface area contributed by atoms with Crippen molar-refractivity contribution >= 4 is 11.9 Å². The van der Waals surface area contributed by atoms with Crippen molar-refractivity contribution in [1.29, 1.82) is 0 Å². The van der Waals surface area contributed by atoms with Crippen LogP contribution in [-0.2, 0) is 20.9 Å². The molecule has 19 heavy (non-hydrogen) atoms. The quantitative estimate of drug-likeness (QED) is 0.831. The van der Waals surface area contributed by atoms with Gasteiger partial charge in [-0.25, -0.2) is 4.79 Å². The highest BCUT2D eigenvalue weighted by Gasteiger charge is 2.27. The maximum absolute atomic E-state index is 11.9. The van der Waals surface area contributed by atoms with Crippen LogP contribution < -0.4 is 0 Å². The number of amides is 1.